The number of aromatic nitrogens is 1. The maximum atomic E-state index is 12.5. The molecular weight excluding hydrogens is 270 g/mol. The van der Waals surface area contributed by atoms with Crippen molar-refractivity contribution in [3.8, 4) is 0 Å². The summed E-state index contributed by atoms with van der Waals surface area (Å²) >= 11 is 0. The van der Waals surface area contributed by atoms with E-state index >= 15 is 0 Å². The van der Waals surface area contributed by atoms with E-state index < -0.39 is 0 Å². The molecule has 3 heterocycles. The largest absolute Gasteiger partial charge is 0.364 e. The van der Waals surface area contributed by atoms with Gasteiger partial charge in [-0.1, -0.05) is 0 Å². The minimum absolute atomic E-state index is 0.00178. The van der Waals surface area contributed by atoms with E-state index in [9.17, 15) is 9.59 Å². The summed E-state index contributed by atoms with van der Waals surface area (Å²) < 4.78 is 5.61. The molecule has 0 unspecified atom stereocenters. The van der Waals surface area contributed by atoms with Gasteiger partial charge >= 0.3 is 0 Å². The van der Waals surface area contributed by atoms with E-state index in [1.54, 1.807) is 29.4 Å². The summed E-state index contributed by atoms with van der Waals surface area (Å²) in [5, 5.41) is 0. The average molecular weight is 289 g/mol. The van der Waals surface area contributed by atoms with Crippen molar-refractivity contribution in [2.45, 2.75) is 32.0 Å². The summed E-state index contributed by atoms with van der Waals surface area (Å²) in [6, 6.07) is 3.56. The fraction of sp³-hybridized carbons (Fsp3) is 0.533. The number of hydrogen-bond donors (Lipinski definition) is 0. The van der Waals surface area contributed by atoms with Crippen molar-refractivity contribution in [2.24, 2.45) is 0 Å². The van der Waals surface area contributed by atoms with Crippen LogP contribution in [0.3, 0.4) is 0 Å². The first kappa shape index (κ1) is 14.0. The van der Waals surface area contributed by atoms with Gasteiger partial charge in [0.05, 0.1) is 17.7 Å². The fourth-order valence-corrected chi connectivity index (χ4v) is 3.13. The topological polar surface area (TPSA) is 62.7 Å². The highest BCUT2D eigenvalue weighted by molar-refractivity contribution is 5.94. The zero-order valence-corrected chi connectivity index (χ0v) is 12.2. The Bertz CT molecular complexity index is 546. The molecule has 0 aliphatic carbocycles. The van der Waals surface area contributed by atoms with Crippen LogP contribution in [-0.2, 0) is 9.53 Å². The Kier molecular flexibility index (Phi) is 3.63. The second kappa shape index (κ2) is 5.44. The minimum atomic E-state index is -0.0919. The lowest BCUT2D eigenvalue weighted by molar-refractivity contribution is -0.155. The van der Waals surface area contributed by atoms with Crippen molar-refractivity contribution in [1.82, 2.24) is 14.8 Å². The second-order valence-electron chi connectivity index (χ2n) is 5.76. The molecule has 0 saturated carbocycles. The quantitative estimate of drug-likeness (QED) is 0.797. The molecule has 0 spiro atoms. The monoisotopic (exact) mass is 289 g/mol. The van der Waals surface area contributed by atoms with Crippen molar-refractivity contribution in [2.75, 3.05) is 19.7 Å². The molecule has 2 aliphatic rings. The highest BCUT2D eigenvalue weighted by Crippen LogP contribution is 2.26. The molecule has 1 aromatic heterocycles. The number of pyridine rings is 1. The first-order chi connectivity index (χ1) is 10.1. The van der Waals surface area contributed by atoms with Crippen LogP contribution in [0.4, 0.5) is 0 Å². The third kappa shape index (κ3) is 2.51. The van der Waals surface area contributed by atoms with Gasteiger partial charge in [-0.3, -0.25) is 14.6 Å². The minimum Gasteiger partial charge on any atom is -0.364 e. The lowest BCUT2D eigenvalue weighted by Crippen LogP contribution is -2.56. The molecule has 21 heavy (non-hydrogen) atoms. The van der Waals surface area contributed by atoms with Crippen LogP contribution in [0.1, 0.15) is 24.2 Å². The standard InChI is InChI=1S/C15H19N3O3/c1-10(2)18-12-7-17(8-13(12)21-9-14(18)19)15(20)11-4-3-5-16-6-11/h3-6,10,12-13H,7-9H2,1-2H3/t12-,13+/m1/s1. The highest BCUT2D eigenvalue weighted by atomic mass is 16.5. The summed E-state index contributed by atoms with van der Waals surface area (Å²) in [4.78, 5) is 32.1. The Morgan fingerprint density at radius 3 is 2.90 bits per heavy atom. The number of fused-ring (bicyclic) bond motifs is 1. The summed E-state index contributed by atoms with van der Waals surface area (Å²) in [6.07, 6.45) is 3.12. The van der Waals surface area contributed by atoms with Crippen LogP contribution in [0.25, 0.3) is 0 Å². The van der Waals surface area contributed by atoms with Crippen molar-refractivity contribution in [3.05, 3.63) is 30.1 Å². The van der Waals surface area contributed by atoms with Gasteiger partial charge in [-0.05, 0) is 26.0 Å². The predicted octanol–water partition coefficient (Wildman–Crippen LogP) is 0.542. The predicted molar refractivity (Wildman–Crippen MR) is 75.7 cm³/mol. The number of hydrogen-bond acceptors (Lipinski definition) is 4. The van der Waals surface area contributed by atoms with E-state index in [1.165, 1.54) is 0 Å². The van der Waals surface area contributed by atoms with Gasteiger partial charge in [0.1, 0.15) is 6.61 Å². The maximum absolute atomic E-state index is 12.5. The van der Waals surface area contributed by atoms with Crippen LogP contribution in [0.15, 0.2) is 24.5 Å². The Morgan fingerprint density at radius 2 is 2.24 bits per heavy atom. The summed E-state index contributed by atoms with van der Waals surface area (Å²) in [7, 11) is 0. The third-order valence-corrected chi connectivity index (χ3v) is 4.06. The van der Waals surface area contributed by atoms with E-state index in [-0.39, 0.29) is 36.6 Å². The molecule has 0 bridgehead atoms. The second-order valence-corrected chi connectivity index (χ2v) is 5.76. The average Bonchev–Trinajstić information content (AvgIpc) is 2.90. The first-order valence-corrected chi connectivity index (χ1v) is 7.20. The van der Waals surface area contributed by atoms with E-state index in [0.717, 1.165) is 0 Å². The normalized spacial score (nSPS) is 25.4. The van der Waals surface area contributed by atoms with Gasteiger partial charge in [0.15, 0.2) is 0 Å². The van der Waals surface area contributed by atoms with Gasteiger partial charge in [0, 0.05) is 31.5 Å². The van der Waals surface area contributed by atoms with E-state index in [0.29, 0.717) is 18.7 Å². The lowest BCUT2D eigenvalue weighted by Gasteiger charge is -2.39. The number of carbonyl (C=O) groups is 2. The number of nitrogens with zero attached hydrogens (tertiary/aromatic N) is 3. The smallest absolute Gasteiger partial charge is 0.255 e. The van der Waals surface area contributed by atoms with Crippen LogP contribution in [0.2, 0.25) is 0 Å². The van der Waals surface area contributed by atoms with Crippen molar-refractivity contribution in [1.29, 1.82) is 0 Å². The van der Waals surface area contributed by atoms with E-state index in [4.69, 9.17) is 4.74 Å². The number of morpholine rings is 1. The molecule has 0 aromatic carbocycles. The SMILES string of the molecule is CC(C)N1C(=O)CO[C@H]2CN(C(=O)c3cccnc3)C[C@H]21. The summed E-state index contributed by atoms with van der Waals surface area (Å²) in [5.41, 5.74) is 0.568. The number of likely N-dealkylation sites (tertiary alicyclic amines) is 1. The molecular formula is C15H19N3O3. The number of amides is 2. The van der Waals surface area contributed by atoms with Gasteiger partial charge in [0.2, 0.25) is 5.91 Å². The molecule has 2 aliphatic heterocycles. The summed E-state index contributed by atoms with van der Waals surface area (Å²) in [6.45, 7) is 5.13. The van der Waals surface area contributed by atoms with Crippen molar-refractivity contribution in [3.63, 3.8) is 0 Å². The van der Waals surface area contributed by atoms with Crippen molar-refractivity contribution < 1.29 is 14.3 Å². The molecule has 1 aromatic rings. The van der Waals surface area contributed by atoms with Crippen LogP contribution in [-0.4, -0.2) is 64.5 Å². The Morgan fingerprint density at radius 1 is 1.43 bits per heavy atom. The van der Waals surface area contributed by atoms with Gasteiger partial charge in [-0.25, -0.2) is 0 Å². The highest BCUT2D eigenvalue weighted by Gasteiger charge is 2.45. The van der Waals surface area contributed by atoms with E-state index in [1.807, 2.05) is 18.7 Å². The first-order valence-electron chi connectivity index (χ1n) is 7.20. The molecule has 2 fully saturated rings. The Hall–Kier alpha value is -1.95. The van der Waals surface area contributed by atoms with Crippen LogP contribution in [0.5, 0.6) is 0 Å². The molecule has 0 N–H and O–H groups in total. The van der Waals surface area contributed by atoms with Crippen molar-refractivity contribution >= 4 is 11.8 Å². The number of rotatable bonds is 2. The van der Waals surface area contributed by atoms with Crippen LogP contribution < -0.4 is 0 Å². The lowest BCUT2D eigenvalue weighted by atomic mass is 10.1. The van der Waals surface area contributed by atoms with Crippen LogP contribution >= 0.6 is 0 Å². The molecule has 6 nitrogen and oxygen atoms in total. The molecule has 2 amide bonds. The zero-order chi connectivity index (χ0) is 15.0. The maximum Gasteiger partial charge on any atom is 0.255 e. The zero-order valence-electron chi connectivity index (χ0n) is 12.2. The molecule has 112 valence electrons. The molecule has 3 rings (SSSR count). The Labute approximate surface area is 123 Å². The molecule has 6 heteroatoms. The van der Waals surface area contributed by atoms with Gasteiger partial charge < -0.3 is 14.5 Å². The fourth-order valence-electron chi connectivity index (χ4n) is 3.13. The molecule has 0 radical (unpaired) electrons. The number of carbonyl (C=O) groups excluding carboxylic acids is 2. The number of ether oxygens (including phenoxy) is 1. The van der Waals surface area contributed by atoms with Gasteiger partial charge in [-0.2, -0.15) is 0 Å². The molecule has 2 atom stereocenters. The van der Waals surface area contributed by atoms with Gasteiger partial charge in [-0.15, -0.1) is 0 Å². The Balaban J connectivity index is 1.78. The molecule has 2 saturated heterocycles. The van der Waals surface area contributed by atoms with Gasteiger partial charge in [0.25, 0.3) is 5.91 Å². The van der Waals surface area contributed by atoms with E-state index in [2.05, 4.69) is 4.98 Å². The summed E-state index contributed by atoms with van der Waals surface area (Å²) in [5.74, 6) is -0.0563. The third-order valence-electron chi connectivity index (χ3n) is 4.06. The van der Waals surface area contributed by atoms with Crippen LogP contribution in [0, 0.1) is 0 Å².